The standard InChI is InChI=1S/C17H18N2O6S2/c20-14(18-3-4-19-15(21)10-27-17(19)26)9-25-16(22)8-11-1-2-12-13(7-11)24-6-5-23-12/h1-2,7H,3-6,8-10H2,(H,18,20). The van der Waals surface area contributed by atoms with E-state index in [9.17, 15) is 14.4 Å². The highest BCUT2D eigenvalue weighted by molar-refractivity contribution is 8.23. The number of fused-ring (bicyclic) bond motifs is 1. The number of carbonyl (C=O) groups is 3. The van der Waals surface area contributed by atoms with Crippen LogP contribution in [0.1, 0.15) is 5.56 Å². The van der Waals surface area contributed by atoms with Gasteiger partial charge in [-0.3, -0.25) is 19.3 Å². The second-order valence-electron chi connectivity index (χ2n) is 5.77. The second-order valence-corrected chi connectivity index (χ2v) is 7.37. The maximum Gasteiger partial charge on any atom is 0.310 e. The first kappa shape index (κ1) is 19.4. The van der Waals surface area contributed by atoms with E-state index in [-0.39, 0.29) is 25.5 Å². The molecule has 10 heteroatoms. The number of thioether (sulfide) groups is 1. The molecule has 0 spiro atoms. The quantitative estimate of drug-likeness (QED) is 0.514. The molecule has 0 atom stereocenters. The molecule has 1 aromatic carbocycles. The molecule has 3 rings (SSSR count). The Kier molecular flexibility index (Phi) is 6.51. The molecule has 1 saturated heterocycles. The molecule has 0 aliphatic carbocycles. The Labute approximate surface area is 165 Å². The van der Waals surface area contributed by atoms with E-state index in [1.807, 2.05) is 0 Å². The van der Waals surface area contributed by atoms with Gasteiger partial charge in [0.2, 0.25) is 5.91 Å². The molecule has 0 unspecified atom stereocenters. The minimum absolute atomic E-state index is 0.0255. The number of nitrogens with zero attached hydrogens (tertiary/aromatic N) is 1. The van der Waals surface area contributed by atoms with Crippen molar-refractivity contribution in [3.05, 3.63) is 23.8 Å². The first-order valence-corrected chi connectivity index (χ1v) is 9.70. The summed E-state index contributed by atoms with van der Waals surface area (Å²) < 4.78 is 16.4. The Morgan fingerprint density at radius 3 is 2.78 bits per heavy atom. The van der Waals surface area contributed by atoms with E-state index >= 15 is 0 Å². The van der Waals surface area contributed by atoms with Gasteiger partial charge in [-0.05, 0) is 17.7 Å². The Balaban J connectivity index is 1.37. The summed E-state index contributed by atoms with van der Waals surface area (Å²) in [6.45, 7) is 1.14. The highest BCUT2D eigenvalue weighted by Gasteiger charge is 2.26. The molecular weight excluding hydrogens is 392 g/mol. The van der Waals surface area contributed by atoms with Gasteiger partial charge in [-0.2, -0.15) is 0 Å². The molecule has 1 fully saturated rings. The van der Waals surface area contributed by atoms with E-state index in [1.165, 1.54) is 16.7 Å². The zero-order chi connectivity index (χ0) is 19.2. The smallest absolute Gasteiger partial charge is 0.310 e. The Morgan fingerprint density at radius 2 is 2.04 bits per heavy atom. The van der Waals surface area contributed by atoms with Crippen molar-refractivity contribution < 1.29 is 28.6 Å². The summed E-state index contributed by atoms with van der Waals surface area (Å²) in [7, 11) is 0. The third kappa shape index (κ3) is 5.33. The fourth-order valence-electron chi connectivity index (χ4n) is 2.52. The number of esters is 1. The number of benzene rings is 1. The largest absolute Gasteiger partial charge is 0.486 e. The lowest BCUT2D eigenvalue weighted by Gasteiger charge is -2.18. The van der Waals surface area contributed by atoms with Gasteiger partial charge >= 0.3 is 5.97 Å². The summed E-state index contributed by atoms with van der Waals surface area (Å²) in [5.41, 5.74) is 0.711. The third-order valence-corrected chi connectivity index (χ3v) is 5.25. The minimum atomic E-state index is -0.519. The average molecular weight is 410 g/mol. The van der Waals surface area contributed by atoms with Crippen LogP contribution in [-0.2, 0) is 25.5 Å². The number of nitrogens with one attached hydrogen (secondary N) is 1. The monoisotopic (exact) mass is 410 g/mol. The first-order chi connectivity index (χ1) is 13.0. The molecule has 2 heterocycles. The van der Waals surface area contributed by atoms with Crippen LogP contribution >= 0.6 is 24.0 Å². The summed E-state index contributed by atoms with van der Waals surface area (Å²) in [4.78, 5) is 36.7. The van der Waals surface area contributed by atoms with Gasteiger partial charge in [0.05, 0.1) is 12.2 Å². The SMILES string of the molecule is O=C(COC(=O)Cc1ccc2c(c1)OCCO2)NCCN1C(=O)CSC1=S. The normalized spacial score (nSPS) is 15.6. The van der Waals surface area contributed by atoms with Crippen molar-refractivity contribution in [2.75, 3.05) is 38.7 Å². The maximum atomic E-state index is 11.9. The van der Waals surface area contributed by atoms with E-state index < -0.39 is 11.9 Å². The van der Waals surface area contributed by atoms with Gasteiger partial charge in [-0.25, -0.2) is 0 Å². The summed E-state index contributed by atoms with van der Waals surface area (Å²) in [5.74, 6) is 0.559. The molecule has 0 aromatic heterocycles. The van der Waals surface area contributed by atoms with E-state index in [4.69, 9.17) is 26.4 Å². The number of thiocarbonyl (C=S) groups is 1. The molecule has 2 amide bonds. The van der Waals surface area contributed by atoms with Gasteiger partial charge < -0.3 is 19.5 Å². The molecular formula is C17H18N2O6S2. The Hall–Kier alpha value is -2.33. The maximum absolute atomic E-state index is 11.9. The zero-order valence-electron chi connectivity index (χ0n) is 14.4. The van der Waals surface area contributed by atoms with Crippen molar-refractivity contribution in [2.45, 2.75) is 6.42 Å². The summed E-state index contributed by atoms with van der Waals surface area (Å²) >= 11 is 6.36. The van der Waals surface area contributed by atoms with Crippen LogP contribution in [0.5, 0.6) is 11.5 Å². The van der Waals surface area contributed by atoms with Gasteiger partial charge in [-0.15, -0.1) is 0 Å². The highest BCUT2D eigenvalue weighted by Crippen LogP contribution is 2.30. The van der Waals surface area contributed by atoms with Gasteiger partial charge in [0, 0.05) is 13.1 Å². The molecule has 1 N–H and O–H groups in total. The summed E-state index contributed by atoms with van der Waals surface area (Å²) in [5, 5.41) is 2.60. The Bertz CT molecular complexity index is 754. The van der Waals surface area contributed by atoms with Crippen LogP contribution < -0.4 is 14.8 Å². The highest BCUT2D eigenvalue weighted by atomic mass is 32.2. The van der Waals surface area contributed by atoms with Crippen LogP contribution in [0.3, 0.4) is 0 Å². The zero-order valence-corrected chi connectivity index (χ0v) is 16.0. The number of hydrogen-bond acceptors (Lipinski definition) is 8. The summed E-state index contributed by atoms with van der Waals surface area (Å²) in [6.07, 6.45) is 0.0255. The van der Waals surface area contributed by atoms with Gasteiger partial charge in [0.25, 0.3) is 5.91 Å². The van der Waals surface area contributed by atoms with Crippen LogP contribution in [0, 0.1) is 0 Å². The molecule has 8 nitrogen and oxygen atoms in total. The predicted octanol–water partition coefficient (Wildman–Crippen LogP) is 0.520. The lowest BCUT2D eigenvalue weighted by Crippen LogP contribution is -2.38. The van der Waals surface area contributed by atoms with Crippen LogP contribution in [-0.4, -0.2) is 65.7 Å². The third-order valence-electron chi connectivity index (χ3n) is 3.82. The lowest BCUT2D eigenvalue weighted by molar-refractivity contribution is -0.147. The molecule has 2 aliphatic rings. The molecule has 1 aromatic rings. The van der Waals surface area contributed by atoms with Crippen LogP contribution in [0.4, 0.5) is 0 Å². The summed E-state index contributed by atoms with van der Waals surface area (Å²) in [6, 6.07) is 5.22. The Morgan fingerprint density at radius 1 is 1.26 bits per heavy atom. The molecule has 2 aliphatic heterocycles. The fourth-order valence-corrected chi connectivity index (χ4v) is 3.64. The van der Waals surface area contributed by atoms with Crippen LogP contribution in [0.15, 0.2) is 18.2 Å². The van der Waals surface area contributed by atoms with Crippen molar-refractivity contribution in [1.29, 1.82) is 0 Å². The average Bonchev–Trinajstić information content (AvgIpc) is 2.98. The van der Waals surface area contributed by atoms with E-state index in [0.717, 1.165) is 0 Å². The van der Waals surface area contributed by atoms with Gasteiger partial charge in [-0.1, -0.05) is 30.0 Å². The predicted molar refractivity (Wildman–Crippen MR) is 102 cm³/mol. The van der Waals surface area contributed by atoms with Crippen molar-refractivity contribution in [3.8, 4) is 11.5 Å². The van der Waals surface area contributed by atoms with Crippen molar-refractivity contribution in [3.63, 3.8) is 0 Å². The van der Waals surface area contributed by atoms with Crippen LogP contribution in [0.2, 0.25) is 0 Å². The number of rotatable bonds is 7. The van der Waals surface area contributed by atoms with E-state index in [0.29, 0.717) is 46.9 Å². The minimum Gasteiger partial charge on any atom is -0.486 e. The number of ether oxygens (including phenoxy) is 3. The molecule has 0 saturated carbocycles. The van der Waals surface area contributed by atoms with Gasteiger partial charge in [0.1, 0.15) is 17.5 Å². The number of carbonyl (C=O) groups excluding carboxylic acids is 3. The first-order valence-electron chi connectivity index (χ1n) is 8.31. The van der Waals surface area contributed by atoms with Gasteiger partial charge in [0.15, 0.2) is 18.1 Å². The van der Waals surface area contributed by atoms with E-state index in [2.05, 4.69) is 5.32 Å². The van der Waals surface area contributed by atoms with Crippen LogP contribution in [0.25, 0.3) is 0 Å². The molecule has 0 bridgehead atoms. The fraction of sp³-hybridized carbons (Fsp3) is 0.412. The molecule has 144 valence electrons. The number of hydrogen-bond donors (Lipinski definition) is 1. The molecule has 27 heavy (non-hydrogen) atoms. The van der Waals surface area contributed by atoms with Crippen molar-refractivity contribution >= 4 is 46.1 Å². The molecule has 0 radical (unpaired) electrons. The van der Waals surface area contributed by atoms with E-state index in [1.54, 1.807) is 18.2 Å². The topological polar surface area (TPSA) is 94.2 Å². The van der Waals surface area contributed by atoms with Crippen molar-refractivity contribution in [2.24, 2.45) is 0 Å². The number of amides is 2. The second kappa shape index (κ2) is 9.05. The lowest BCUT2D eigenvalue weighted by atomic mass is 10.1. The van der Waals surface area contributed by atoms with Crippen molar-refractivity contribution in [1.82, 2.24) is 10.2 Å².